The number of carbonyl (C=O) groups is 2. The van der Waals surface area contributed by atoms with Crippen LogP contribution in [0.15, 0.2) is 70.4 Å². The zero-order valence-electron chi connectivity index (χ0n) is 16.0. The minimum atomic E-state index is -0.338. The molecular formula is C21H19N5O2S. The normalized spacial score (nSPS) is 19.1. The Balaban J connectivity index is 1.70. The van der Waals surface area contributed by atoms with Crippen LogP contribution in [0.1, 0.15) is 11.1 Å². The summed E-state index contributed by atoms with van der Waals surface area (Å²) in [7, 11) is 3.95. The largest absolute Gasteiger partial charge is 0.378 e. The van der Waals surface area contributed by atoms with E-state index in [0.717, 1.165) is 16.8 Å². The number of hydrazone groups is 1. The Morgan fingerprint density at radius 3 is 2.45 bits per heavy atom. The van der Waals surface area contributed by atoms with E-state index in [0.29, 0.717) is 22.5 Å². The number of thioether (sulfide) groups is 1. The van der Waals surface area contributed by atoms with Crippen molar-refractivity contribution < 1.29 is 9.59 Å². The van der Waals surface area contributed by atoms with Gasteiger partial charge >= 0.3 is 0 Å². The van der Waals surface area contributed by atoms with E-state index in [1.54, 1.807) is 6.08 Å². The molecule has 1 N–H and O–H groups in total. The Hall–Kier alpha value is -3.39. The summed E-state index contributed by atoms with van der Waals surface area (Å²) >= 11 is 1.26. The predicted molar refractivity (Wildman–Crippen MR) is 117 cm³/mol. The molecule has 2 aromatic rings. The average Bonchev–Trinajstić information content (AvgIpc) is 3.27. The molecule has 29 heavy (non-hydrogen) atoms. The second kappa shape index (κ2) is 7.92. The molecule has 2 aliphatic heterocycles. The van der Waals surface area contributed by atoms with Gasteiger partial charge in [0.15, 0.2) is 11.0 Å². The van der Waals surface area contributed by atoms with E-state index < -0.39 is 0 Å². The first-order valence-electron chi connectivity index (χ1n) is 9.00. The molecule has 0 aromatic heterocycles. The molecule has 0 aliphatic carbocycles. The van der Waals surface area contributed by atoms with Gasteiger partial charge in [-0.25, -0.2) is 4.99 Å². The third-order valence-electron chi connectivity index (χ3n) is 4.36. The average molecular weight is 405 g/mol. The number of amides is 2. The summed E-state index contributed by atoms with van der Waals surface area (Å²) in [5, 5.41) is 8.65. The maximum atomic E-state index is 13.0. The highest BCUT2D eigenvalue weighted by atomic mass is 32.2. The fraction of sp³-hybridized carbons (Fsp3) is 0.143. The molecular weight excluding hydrogens is 386 g/mol. The van der Waals surface area contributed by atoms with Crippen LogP contribution in [0.3, 0.4) is 0 Å². The molecule has 2 aliphatic rings. The molecule has 0 saturated carbocycles. The van der Waals surface area contributed by atoms with Gasteiger partial charge in [0.25, 0.3) is 5.91 Å². The Morgan fingerprint density at radius 1 is 1.10 bits per heavy atom. The lowest BCUT2D eigenvalue weighted by molar-refractivity contribution is -0.122. The minimum Gasteiger partial charge on any atom is -0.378 e. The van der Waals surface area contributed by atoms with E-state index in [1.807, 2.05) is 73.6 Å². The highest BCUT2D eigenvalue weighted by Crippen LogP contribution is 2.24. The van der Waals surface area contributed by atoms with Crippen molar-refractivity contribution in [2.75, 3.05) is 24.7 Å². The standard InChI is InChI=1S/C21H19N5O2S/c1-25(2)16-10-8-14(9-11-16)12-17-20(28)26(24-21-23-18(27)13-29-21)19(22-17)15-6-4-3-5-7-15/h3-12H,13H2,1-2H3,(H,23,24,27). The minimum absolute atomic E-state index is 0.129. The van der Waals surface area contributed by atoms with Gasteiger partial charge in [-0.1, -0.05) is 54.2 Å². The van der Waals surface area contributed by atoms with E-state index >= 15 is 0 Å². The van der Waals surface area contributed by atoms with E-state index in [4.69, 9.17) is 0 Å². The van der Waals surface area contributed by atoms with Gasteiger partial charge in [0.1, 0.15) is 5.70 Å². The molecule has 7 nitrogen and oxygen atoms in total. The molecule has 146 valence electrons. The zero-order valence-corrected chi connectivity index (χ0v) is 16.8. The summed E-state index contributed by atoms with van der Waals surface area (Å²) in [4.78, 5) is 31.1. The number of nitrogens with one attached hydrogen (secondary N) is 1. The van der Waals surface area contributed by atoms with Crippen molar-refractivity contribution in [3.63, 3.8) is 0 Å². The van der Waals surface area contributed by atoms with Crippen LogP contribution in [0, 0.1) is 0 Å². The number of benzene rings is 2. The first kappa shape index (κ1) is 18.9. The topological polar surface area (TPSA) is 77.4 Å². The van der Waals surface area contributed by atoms with Gasteiger partial charge in [-0.05, 0) is 23.8 Å². The number of rotatable bonds is 4. The summed E-state index contributed by atoms with van der Waals surface area (Å²) < 4.78 is 0. The van der Waals surface area contributed by atoms with Crippen molar-refractivity contribution in [1.82, 2.24) is 10.3 Å². The van der Waals surface area contributed by atoms with Gasteiger partial charge in [-0.15, -0.1) is 5.10 Å². The van der Waals surface area contributed by atoms with Crippen molar-refractivity contribution in [3.05, 3.63) is 71.4 Å². The lowest BCUT2D eigenvalue weighted by Gasteiger charge is -2.13. The number of aliphatic imine (C=N–C) groups is 1. The number of carbonyl (C=O) groups excluding carboxylic acids is 2. The molecule has 0 unspecified atom stereocenters. The number of anilines is 1. The molecule has 8 heteroatoms. The van der Waals surface area contributed by atoms with Crippen molar-refractivity contribution in [2.24, 2.45) is 10.1 Å². The smallest absolute Gasteiger partial charge is 0.298 e. The quantitative estimate of drug-likeness (QED) is 0.793. The predicted octanol–water partition coefficient (Wildman–Crippen LogP) is 2.52. The van der Waals surface area contributed by atoms with Crippen molar-refractivity contribution in [1.29, 1.82) is 0 Å². The lowest BCUT2D eigenvalue weighted by Crippen LogP contribution is -2.31. The van der Waals surface area contributed by atoms with Gasteiger partial charge < -0.3 is 10.2 Å². The second-order valence-corrected chi connectivity index (χ2v) is 7.64. The van der Waals surface area contributed by atoms with Crippen LogP contribution in [0.25, 0.3) is 6.08 Å². The monoisotopic (exact) mass is 405 g/mol. The van der Waals surface area contributed by atoms with Gasteiger partial charge in [0.05, 0.1) is 5.75 Å². The first-order valence-corrected chi connectivity index (χ1v) is 9.99. The van der Waals surface area contributed by atoms with Crippen molar-refractivity contribution in [3.8, 4) is 0 Å². The molecule has 4 rings (SSSR count). The van der Waals surface area contributed by atoms with Gasteiger partial charge in [-0.2, -0.15) is 5.01 Å². The van der Waals surface area contributed by atoms with E-state index in [2.05, 4.69) is 15.4 Å². The Morgan fingerprint density at radius 2 is 1.83 bits per heavy atom. The molecule has 2 heterocycles. The fourth-order valence-electron chi connectivity index (χ4n) is 2.87. The Labute approximate surface area is 172 Å². The van der Waals surface area contributed by atoms with Crippen LogP contribution in [0.5, 0.6) is 0 Å². The van der Waals surface area contributed by atoms with E-state index in [9.17, 15) is 9.59 Å². The summed E-state index contributed by atoms with van der Waals surface area (Å²) in [6, 6.07) is 17.2. The van der Waals surface area contributed by atoms with Crippen LogP contribution in [0.2, 0.25) is 0 Å². The van der Waals surface area contributed by atoms with Crippen LogP contribution in [-0.2, 0) is 9.59 Å². The highest BCUT2D eigenvalue weighted by Gasteiger charge is 2.32. The maximum absolute atomic E-state index is 13.0. The van der Waals surface area contributed by atoms with Crippen LogP contribution >= 0.6 is 11.8 Å². The number of hydrogen-bond acceptors (Lipinski definition) is 6. The Kier molecular flexibility index (Phi) is 5.18. The first-order chi connectivity index (χ1) is 14.0. The third-order valence-corrected chi connectivity index (χ3v) is 5.22. The van der Waals surface area contributed by atoms with Gasteiger partial charge in [0.2, 0.25) is 5.91 Å². The van der Waals surface area contributed by atoms with Gasteiger partial charge in [0, 0.05) is 25.3 Å². The number of amidine groups is 2. The molecule has 2 amide bonds. The zero-order chi connectivity index (χ0) is 20.4. The van der Waals surface area contributed by atoms with Crippen molar-refractivity contribution in [2.45, 2.75) is 0 Å². The highest BCUT2D eigenvalue weighted by molar-refractivity contribution is 8.15. The number of hydrogen-bond donors (Lipinski definition) is 1. The van der Waals surface area contributed by atoms with Gasteiger partial charge in [-0.3, -0.25) is 9.59 Å². The third kappa shape index (κ3) is 4.07. The molecule has 0 atom stereocenters. The molecule has 0 radical (unpaired) electrons. The van der Waals surface area contributed by atoms with Crippen LogP contribution in [-0.4, -0.2) is 47.7 Å². The summed E-state index contributed by atoms with van der Waals surface area (Å²) in [6.45, 7) is 0. The molecule has 0 bridgehead atoms. The SMILES string of the molecule is CN(C)c1ccc(C=C2N=C(c3ccccc3)N(N=C3NC(=O)CS3)C2=O)cc1. The van der Waals surface area contributed by atoms with Crippen LogP contribution < -0.4 is 10.2 Å². The van der Waals surface area contributed by atoms with E-state index in [1.165, 1.54) is 16.8 Å². The lowest BCUT2D eigenvalue weighted by atomic mass is 10.1. The van der Waals surface area contributed by atoms with Crippen molar-refractivity contribution >= 4 is 46.3 Å². The molecule has 0 spiro atoms. The molecule has 1 fully saturated rings. The molecule has 2 aromatic carbocycles. The van der Waals surface area contributed by atoms with E-state index in [-0.39, 0.29) is 11.8 Å². The summed E-state index contributed by atoms with van der Waals surface area (Å²) in [5.41, 5.74) is 3.00. The number of nitrogens with zero attached hydrogens (tertiary/aromatic N) is 4. The molecule has 1 saturated heterocycles. The summed E-state index contributed by atoms with van der Waals surface area (Å²) in [6.07, 6.45) is 1.74. The maximum Gasteiger partial charge on any atom is 0.298 e. The Bertz CT molecular complexity index is 1040. The van der Waals surface area contributed by atoms with Crippen LogP contribution in [0.4, 0.5) is 5.69 Å². The second-order valence-electron chi connectivity index (χ2n) is 6.68. The summed E-state index contributed by atoms with van der Waals surface area (Å²) in [5.74, 6) is 0.255. The fourth-order valence-corrected chi connectivity index (χ4v) is 3.54.